The molecule has 0 fully saturated rings. The minimum Gasteiger partial charge on any atom is -0.379 e. The Morgan fingerprint density at radius 3 is 2.62 bits per heavy atom. The highest BCUT2D eigenvalue weighted by molar-refractivity contribution is 7.10. The molecule has 2 heteroatoms. The molecule has 0 spiro atoms. The Balaban J connectivity index is 2.17. The highest BCUT2D eigenvalue weighted by Crippen LogP contribution is 2.28. The second-order valence-electron chi connectivity index (χ2n) is 3.91. The van der Waals surface area contributed by atoms with Gasteiger partial charge in [0.1, 0.15) is 0 Å². The lowest BCUT2D eigenvalue weighted by Crippen LogP contribution is -1.93. The van der Waals surface area contributed by atoms with Crippen molar-refractivity contribution in [1.82, 2.24) is 0 Å². The van der Waals surface area contributed by atoms with Gasteiger partial charge in [-0.15, -0.1) is 11.3 Å². The number of rotatable bonds is 4. The summed E-state index contributed by atoms with van der Waals surface area (Å²) in [4.78, 5) is 1.29. The summed E-state index contributed by atoms with van der Waals surface area (Å²) in [5.74, 6) is 0.461. The fourth-order valence-electron chi connectivity index (χ4n) is 1.78. The van der Waals surface area contributed by atoms with Crippen molar-refractivity contribution in [2.45, 2.75) is 19.4 Å². The van der Waals surface area contributed by atoms with E-state index >= 15 is 0 Å². The normalized spacial score (nSPS) is 12.6. The third-order valence-corrected chi connectivity index (χ3v) is 3.69. The molecule has 1 heterocycles. The zero-order valence-corrected chi connectivity index (χ0v) is 10.5. The summed E-state index contributed by atoms with van der Waals surface area (Å²) in [6, 6.07) is 12.8. The third kappa shape index (κ3) is 2.52. The van der Waals surface area contributed by atoms with Gasteiger partial charge in [-0.25, -0.2) is 0 Å². The molecule has 0 aliphatic rings. The van der Waals surface area contributed by atoms with Gasteiger partial charge in [-0.2, -0.15) is 0 Å². The first-order valence-electron chi connectivity index (χ1n) is 5.42. The summed E-state index contributed by atoms with van der Waals surface area (Å²) in [7, 11) is 1.74. The third-order valence-electron chi connectivity index (χ3n) is 2.76. The summed E-state index contributed by atoms with van der Waals surface area (Å²) in [6.45, 7) is 2.96. The van der Waals surface area contributed by atoms with Gasteiger partial charge in [0.15, 0.2) is 0 Å². The minimum atomic E-state index is 0.461. The molecule has 2 aromatic rings. The summed E-state index contributed by atoms with van der Waals surface area (Å²) < 4.78 is 5.14. The monoisotopic (exact) mass is 232 g/mol. The number of thiophene rings is 1. The molecule has 0 aliphatic carbocycles. The first kappa shape index (κ1) is 11.4. The van der Waals surface area contributed by atoms with Crippen molar-refractivity contribution in [2.24, 2.45) is 0 Å². The van der Waals surface area contributed by atoms with Crippen molar-refractivity contribution < 1.29 is 4.74 Å². The van der Waals surface area contributed by atoms with Crippen molar-refractivity contribution in [3.8, 4) is 0 Å². The van der Waals surface area contributed by atoms with E-state index in [4.69, 9.17) is 4.74 Å². The lowest BCUT2D eigenvalue weighted by Gasteiger charge is -2.09. The Bertz CT molecular complexity index is 433. The molecule has 84 valence electrons. The van der Waals surface area contributed by atoms with Crippen LogP contribution in [0.4, 0.5) is 0 Å². The van der Waals surface area contributed by atoms with Crippen LogP contribution in [0.1, 0.15) is 28.8 Å². The van der Waals surface area contributed by atoms with Crippen LogP contribution < -0.4 is 0 Å². The van der Waals surface area contributed by atoms with Crippen LogP contribution in [0.25, 0.3) is 0 Å². The zero-order chi connectivity index (χ0) is 11.4. The molecule has 1 aromatic heterocycles. The predicted octanol–water partition coefficient (Wildman–Crippen LogP) is 4.05. The molecule has 0 amide bonds. The molecule has 1 aromatic carbocycles. The van der Waals surface area contributed by atoms with Gasteiger partial charge in [-0.05, 0) is 22.6 Å². The van der Waals surface area contributed by atoms with Gasteiger partial charge < -0.3 is 4.74 Å². The van der Waals surface area contributed by atoms with Crippen molar-refractivity contribution in [1.29, 1.82) is 0 Å². The molecule has 0 saturated carbocycles. The van der Waals surface area contributed by atoms with E-state index in [1.54, 1.807) is 18.4 Å². The van der Waals surface area contributed by atoms with Crippen LogP contribution in [-0.4, -0.2) is 7.11 Å². The van der Waals surface area contributed by atoms with Crippen LogP contribution in [0.3, 0.4) is 0 Å². The standard InChI is InChI=1S/C14H16OS/c1-11(12-6-4-3-5-7-12)13-8-14(9-15-2)16-10-13/h3-8,10-11H,9H2,1-2H3. The van der Waals surface area contributed by atoms with E-state index in [-0.39, 0.29) is 0 Å². The molecule has 0 saturated heterocycles. The Morgan fingerprint density at radius 1 is 1.19 bits per heavy atom. The number of hydrogen-bond acceptors (Lipinski definition) is 2. The van der Waals surface area contributed by atoms with Crippen molar-refractivity contribution >= 4 is 11.3 Å². The maximum Gasteiger partial charge on any atom is 0.0805 e. The lowest BCUT2D eigenvalue weighted by atomic mass is 9.95. The molecule has 16 heavy (non-hydrogen) atoms. The Kier molecular flexibility index (Phi) is 3.75. The van der Waals surface area contributed by atoms with E-state index in [9.17, 15) is 0 Å². The van der Waals surface area contributed by atoms with Gasteiger partial charge in [0, 0.05) is 17.9 Å². The fraction of sp³-hybridized carbons (Fsp3) is 0.286. The maximum atomic E-state index is 5.14. The van der Waals surface area contributed by atoms with E-state index in [0.717, 1.165) is 0 Å². The van der Waals surface area contributed by atoms with Crippen molar-refractivity contribution in [2.75, 3.05) is 7.11 Å². The first-order valence-corrected chi connectivity index (χ1v) is 6.30. The van der Waals surface area contributed by atoms with Gasteiger partial charge in [-0.3, -0.25) is 0 Å². The van der Waals surface area contributed by atoms with Gasteiger partial charge in [0.25, 0.3) is 0 Å². The highest BCUT2D eigenvalue weighted by Gasteiger charge is 2.09. The fourth-order valence-corrected chi connectivity index (χ4v) is 2.73. The Hall–Kier alpha value is -1.12. The van der Waals surface area contributed by atoms with Crippen LogP contribution in [0, 0.1) is 0 Å². The van der Waals surface area contributed by atoms with Crippen molar-refractivity contribution in [3.05, 3.63) is 57.8 Å². The number of hydrogen-bond donors (Lipinski definition) is 0. The quantitative estimate of drug-likeness (QED) is 0.773. The molecule has 1 atom stereocenters. The van der Waals surface area contributed by atoms with Crippen LogP contribution >= 0.6 is 11.3 Å². The highest BCUT2D eigenvalue weighted by atomic mass is 32.1. The van der Waals surface area contributed by atoms with E-state index in [1.165, 1.54) is 16.0 Å². The predicted molar refractivity (Wildman–Crippen MR) is 69.0 cm³/mol. The molecule has 0 aliphatic heterocycles. The molecule has 1 unspecified atom stereocenters. The van der Waals surface area contributed by atoms with Crippen LogP contribution in [-0.2, 0) is 11.3 Å². The SMILES string of the molecule is COCc1cc(C(C)c2ccccc2)cs1. The smallest absolute Gasteiger partial charge is 0.0805 e. The van der Waals surface area contributed by atoms with Gasteiger partial charge >= 0.3 is 0 Å². The van der Waals surface area contributed by atoms with E-state index in [0.29, 0.717) is 12.5 Å². The largest absolute Gasteiger partial charge is 0.379 e. The zero-order valence-electron chi connectivity index (χ0n) is 9.64. The second kappa shape index (κ2) is 5.28. The van der Waals surface area contributed by atoms with Crippen molar-refractivity contribution in [3.63, 3.8) is 0 Å². The van der Waals surface area contributed by atoms with Gasteiger partial charge in [0.05, 0.1) is 6.61 Å². The number of methoxy groups -OCH3 is 1. The average Bonchev–Trinajstić information content (AvgIpc) is 2.78. The van der Waals surface area contributed by atoms with Crippen LogP contribution in [0.15, 0.2) is 41.8 Å². The topological polar surface area (TPSA) is 9.23 Å². The second-order valence-corrected chi connectivity index (χ2v) is 4.91. The van der Waals surface area contributed by atoms with Gasteiger partial charge in [0.2, 0.25) is 0 Å². The summed E-state index contributed by atoms with van der Waals surface area (Å²) in [5.41, 5.74) is 2.74. The molecule has 0 N–H and O–H groups in total. The maximum absolute atomic E-state index is 5.14. The van der Waals surface area contributed by atoms with Crippen LogP contribution in [0.2, 0.25) is 0 Å². The van der Waals surface area contributed by atoms with E-state index in [2.05, 4.69) is 48.7 Å². The molecular formula is C14H16OS. The summed E-state index contributed by atoms with van der Waals surface area (Å²) in [5, 5.41) is 2.23. The number of ether oxygens (including phenoxy) is 1. The average molecular weight is 232 g/mol. The molecule has 1 nitrogen and oxygen atoms in total. The first-order chi connectivity index (χ1) is 7.81. The molecule has 0 bridgehead atoms. The lowest BCUT2D eigenvalue weighted by molar-refractivity contribution is 0.187. The Morgan fingerprint density at radius 2 is 1.94 bits per heavy atom. The Labute approximate surface area is 101 Å². The van der Waals surface area contributed by atoms with Crippen LogP contribution in [0.5, 0.6) is 0 Å². The summed E-state index contributed by atoms with van der Waals surface area (Å²) >= 11 is 1.77. The number of benzene rings is 1. The molecule has 2 rings (SSSR count). The van der Waals surface area contributed by atoms with E-state index in [1.807, 2.05) is 0 Å². The van der Waals surface area contributed by atoms with E-state index < -0.39 is 0 Å². The minimum absolute atomic E-state index is 0.461. The molecule has 0 radical (unpaired) electrons. The summed E-state index contributed by atoms with van der Waals surface area (Å²) in [6.07, 6.45) is 0. The van der Waals surface area contributed by atoms with Gasteiger partial charge in [-0.1, -0.05) is 37.3 Å². The molecular weight excluding hydrogens is 216 g/mol.